The molecule has 1 rings (SSSR count). The molecule has 72 valence electrons. The maximum atomic E-state index is 11.1. The molecule has 0 bridgehead atoms. The van der Waals surface area contributed by atoms with E-state index < -0.39 is 10.0 Å². The van der Waals surface area contributed by atoms with Crippen molar-refractivity contribution >= 4 is 10.0 Å². The summed E-state index contributed by atoms with van der Waals surface area (Å²) in [6.45, 7) is 3.59. The van der Waals surface area contributed by atoms with Crippen LogP contribution in [0.25, 0.3) is 0 Å². The number of sulfonamides is 1. The molecule has 1 aliphatic rings. The van der Waals surface area contributed by atoms with Crippen LogP contribution in [0, 0.1) is 5.92 Å². The van der Waals surface area contributed by atoms with E-state index in [4.69, 9.17) is 0 Å². The average molecular weight is 191 g/mol. The van der Waals surface area contributed by atoms with Crippen LogP contribution in [-0.4, -0.2) is 20.2 Å². The molecule has 0 aromatic rings. The highest BCUT2D eigenvalue weighted by atomic mass is 32.2. The summed E-state index contributed by atoms with van der Waals surface area (Å²) in [6.07, 6.45) is 3.55. The molecule has 1 atom stereocenters. The quantitative estimate of drug-likeness (QED) is 0.707. The van der Waals surface area contributed by atoms with Crippen molar-refractivity contribution in [2.45, 2.75) is 39.2 Å². The van der Waals surface area contributed by atoms with Crippen molar-refractivity contribution in [3.63, 3.8) is 0 Å². The summed E-state index contributed by atoms with van der Waals surface area (Å²) in [5.41, 5.74) is 0. The minimum absolute atomic E-state index is 0.113. The van der Waals surface area contributed by atoms with Gasteiger partial charge in [-0.3, -0.25) is 0 Å². The second-order valence-corrected chi connectivity index (χ2v) is 5.64. The van der Waals surface area contributed by atoms with E-state index in [2.05, 4.69) is 4.72 Å². The topological polar surface area (TPSA) is 46.2 Å². The van der Waals surface area contributed by atoms with Crippen molar-refractivity contribution in [1.29, 1.82) is 0 Å². The second kappa shape index (κ2) is 3.75. The summed E-state index contributed by atoms with van der Waals surface area (Å²) < 4.78 is 24.9. The predicted molar refractivity (Wildman–Crippen MR) is 49.4 cm³/mol. The Bertz CT molecular complexity index is 231. The average Bonchev–Trinajstić information content (AvgIpc) is 2.70. The Morgan fingerprint density at radius 3 is 2.50 bits per heavy atom. The Morgan fingerprint density at radius 1 is 1.50 bits per heavy atom. The van der Waals surface area contributed by atoms with E-state index in [0.717, 1.165) is 12.3 Å². The molecule has 12 heavy (non-hydrogen) atoms. The number of nitrogens with one attached hydrogen (secondary N) is 1. The monoisotopic (exact) mass is 191 g/mol. The molecule has 1 aliphatic carbocycles. The van der Waals surface area contributed by atoms with E-state index in [1.165, 1.54) is 12.8 Å². The van der Waals surface area contributed by atoms with Gasteiger partial charge >= 0.3 is 0 Å². The standard InChI is InChI=1S/C8H17NO2S/c1-3-12(10,11)9-7(2)6-8-4-5-8/h7-9H,3-6H2,1-2H3. The second-order valence-electron chi connectivity index (χ2n) is 3.60. The third kappa shape index (κ3) is 3.54. The molecule has 0 aromatic heterocycles. The minimum Gasteiger partial charge on any atom is -0.212 e. The van der Waals surface area contributed by atoms with Gasteiger partial charge in [0.05, 0.1) is 5.75 Å². The molecule has 3 nitrogen and oxygen atoms in total. The van der Waals surface area contributed by atoms with Crippen molar-refractivity contribution in [1.82, 2.24) is 4.72 Å². The third-order valence-corrected chi connectivity index (χ3v) is 3.67. The Morgan fingerprint density at radius 2 is 2.08 bits per heavy atom. The van der Waals surface area contributed by atoms with Crippen molar-refractivity contribution in [3.8, 4) is 0 Å². The van der Waals surface area contributed by atoms with Crippen LogP contribution in [0.1, 0.15) is 33.1 Å². The van der Waals surface area contributed by atoms with Gasteiger partial charge in [0.15, 0.2) is 0 Å². The minimum atomic E-state index is -2.99. The molecule has 1 fully saturated rings. The fourth-order valence-electron chi connectivity index (χ4n) is 1.29. The largest absolute Gasteiger partial charge is 0.212 e. The summed E-state index contributed by atoms with van der Waals surface area (Å²) >= 11 is 0. The highest BCUT2D eigenvalue weighted by molar-refractivity contribution is 7.89. The fourth-order valence-corrected chi connectivity index (χ4v) is 2.17. The van der Waals surface area contributed by atoms with E-state index in [-0.39, 0.29) is 11.8 Å². The molecular weight excluding hydrogens is 174 g/mol. The van der Waals surface area contributed by atoms with Crippen LogP contribution in [0.2, 0.25) is 0 Å². The predicted octanol–water partition coefficient (Wildman–Crippen LogP) is 1.11. The van der Waals surface area contributed by atoms with Gasteiger partial charge in [-0.25, -0.2) is 13.1 Å². The first-order valence-electron chi connectivity index (χ1n) is 4.53. The van der Waals surface area contributed by atoms with Gasteiger partial charge < -0.3 is 0 Å². The van der Waals surface area contributed by atoms with Crippen LogP contribution >= 0.6 is 0 Å². The molecule has 1 saturated carbocycles. The maximum absolute atomic E-state index is 11.1. The van der Waals surface area contributed by atoms with Crippen molar-refractivity contribution < 1.29 is 8.42 Å². The smallest absolute Gasteiger partial charge is 0.211 e. The zero-order valence-corrected chi connectivity index (χ0v) is 8.52. The van der Waals surface area contributed by atoms with Crippen LogP contribution in [0.3, 0.4) is 0 Å². The first-order chi connectivity index (χ1) is 5.53. The van der Waals surface area contributed by atoms with E-state index in [1.807, 2.05) is 6.92 Å². The Labute approximate surface area is 74.6 Å². The van der Waals surface area contributed by atoms with E-state index in [1.54, 1.807) is 6.92 Å². The van der Waals surface area contributed by atoms with Gasteiger partial charge in [0.1, 0.15) is 0 Å². The Hall–Kier alpha value is -0.0900. The van der Waals surface area contributed by atoms with Crippen LogP contribution in [0.4, 0.5) is 0 Å². The van der Waals surface area contributed by atoms with Crippen molar-refractivity contribution in [2.24, 2.45) is 5.92 Å². The molecular formula is C8H17NO2S. The number of hydrogen-bond acceptors (Lipinski definition) is 2. The molecule has 0 amide bonds. The van der Waals surface area contributed by atoms with Gasteiger partial charge in [-0.2, -0.15) is 0 Å². The Balaban J connectivity index is 2.28. The highest BCUT2D eigenvalue weighted by Gasteiger charge is 2.24. The number of hydrogen-bond donors (Lipinski definition) is 1. The lowest BCUT2D eigenvalue weighted by atomic mass is 10.2. The molecule has 0 aliphatic heterocycles. The molecule has 4 heteroatoms. The molecule has 1 unspecified atom stereocenters. The van der Waals surface area contributed by atoms with Crippen LogP contribution < -0.4 is 4.72 Å². The van der Waals surface area contributed by atoms with Gasteiger partial charge in [-0.05, 0) is 26.2 Å². The molecule has 0 saturated heterocycles. The number of rotatable bonds is 5. The summed E-state index contributed by atoms with van der Waals surface area (Å²) in [4.78, 5) is 0. The third-order valence-electron chi connectivity index (χ3n) is 2.14. The first kappa shape index (κ1) is 9.99. The van der Waals surface area contributed by atoms with Gasteiger partial charge in [0.2, 0.25) is 10.0 Å². The fraction of sp³-hybridized carbons (Fsp3) is 1.00. The highest BCUT2D eigenvalue weighted by Crippen LogP contribution is 2.33. The lowest BCUT2D eigenvalue weighted by Crippen LogP contribution is -2.33. The summed E-state index contributed by atoms with van der Waals surface area (Å²) in [6, 6.07) is 0.113. The van der Waals surface area contributed by atoms with E-state index in [9.17, 15) is 8.42 Å². The molecule has 1 N–H and O–H groups in total. The van der Waals surface area contributed by atoms with Crippen LogP contribution in [-0.2, 0) is 10.0 Å². The van der Waals surface area contributed by atoms with Gasteiger partial charge in [0, 0.05) is 6.04 Å². The molecule has 0 spiro atoms. The van der Waals surface area contributed by atoms with Gasteiger partial charge in [0.25, 0.3) is 0 Å². The van der Waals surface area contributed by atoms with Crippen LogP contribution in [0.15, 0.2) is 0 Å². The summed E-state index contributed by atoms with van der Waals surface area (Å²) in [5, 5.41) is 0. The lowest BCUT2D eigenvalue weighted by Gasteiger charge is -2.11. The van der Waals surface area contributed by atoms with E-state index >= 15 is 0 Å². The molecule has 0 aromatic carbocycles. The molecule has 0 heterocycles. The Kier molecular flexibility index (Phi) is 3.12. The zero-order valence-electron chi connectivity index (χ0n) is 7.71. The maximum Gasteiger partial charge on any atom is 0.211 e. The summed E-state index contributed by atoms with van der Waals surface area (Å²) in [5.74, 6) is 0.960. The SMILES string of the molecule is CCS(=O)(=O)NC(C)CC1CC1. The first-order valence-corrected chi connectivity index (χ1v) is 6.18. The summed E-state index contributed by atoms with van der Waals surface area (Å²) in [7, 11) is -2.99. The van der Waals surface area contributed by atoms with Gasteiger partial charge in [-0.15, -0.1) is 0 Å². The lowest BCUT2D eigenvalue weighted by molar-refractivity contribution is 0.531. The van der Waals surface area contributed by atoms with Crippen molar-refractivity contribution in [2.75, 3.05) is 5.75 Å². The van der Waals surface area contributed by atoms with E-state index in [0.29, 0.717) is 0 Å². The van der Waals surface area contributed by atoms with Gasteiger partial charge in [-0.1, -0.05) is 12.8 Å². The normalized spacial score (nSPS) is 20.8. The zero-order chi connectivity index (χ0) is 9.19. The molecule has 0 radical (unpaired) electrons. The van der Waals surface area contributed by atoms with Crippen molar-refractivity contribution in [3.05, 3.63) is 0 Å². The van der Waals surface area contributed by atoms with Crippen LogP contribution in [0.5, 0.6) is 0 Å².